The van der Waals surface area contributed by atoms with E-state index in [1.54, 1.807) is 6.20 Å². The molecule has 0 unspecified atom stereocenters. The first-order valence-corrected chi connectivity index (χ1v) is 8.16. The quantitative estimate of drug-likeness (QED) is 0.781. The van der Waals surface area contributed by atoms with Gasteiger partial charge in [-0.3, -0.25) is 4.79 Å². The lowest BCUT2D eigenvalue weighted by Crippen LogP contribution is -2.40. The van der Waals surface area contributed by atoms with Crippen LogP contribution >= 0.6 is 0 Å². The number of carbonyl (C=O) groups is 1. The van der Waals surface area contributed by atoms with E-state index in [4.69, 9.17) is 0 Å². The summed E-state index contributed by atoms with van der Waals surface area (Å²) in [5, 5.41) is 0. The third-order valence-electron chi connectivity index (χ3n) is 4.56. The second-order valence-electron chi connectivity index (χ2n) is 6.25. The molecule has 1 aliphatic heterocycles. The highest BCUT2D eigenvalue weighted by molar-refractivity contribution is 5.92. The Morgan fingerprint density at radius 2 is 2.17 bits per heavy atom. The van der Waals surface area contributed by atoms with E-state index in [0.29, 0.717) is 11.6 Å². The van der Waals surface area contributed by atoms with E-state index in [1.807, 2.05) is 41.3 Å². The lowest BCUT2D eigenvalue weighted by Gasteiger charge is -2.32. The second-order valence-corrected chi connectivity index (χ2v) is 6.25. The molecule has 23 heavy (non-hydrogen) atoms. The smallest absolute Gasteiger partial charge is 0.270 e. The fourth-order valence-electron chi connectivity index (χ4n) is 3.43. The number of para-hydroxylation sites is 2. The Labute approximate surface area is 134 Å². The van der Waals surface area contributed by atoms with E-state index in [-0.39, 0.29) is 5.91 Å². The normalized spacial score (nSPS) is 18.4. The van der Waals surface area contributed by atoms with Gasteiger partial charge in [-0.15, -0.1) is 0 Å². The number of carbonyl (C=O) groups excluding carboxylic acids is 1. The number of amides is 1. The maximum Gasteiger partial charge on any atom is 0.270 e. The molecule has 1 atom stereocenters. The maximum atomic E-state index is 12.5. The molecule has 0 saturated carbocycles. The van der Waals surface area contributed by atoms with Crippen molar-refractivity contribution < 1.29 is 4.79 Å². The van der Waals surface area contributed by atoms with Crippen LogP contribution in [-0.4, -0.2) is 38.8 Å². The molecule has 2 aromatic heterocycles. The van der Waals surface area contributed by atoms with Gasteiger partial charge in [0.2, 0.25) is 0 Å². The predicted octanol–water partition coefficient (Wildman–Crippen LogP) is 2.99. The minimum Gasteiger partial charge on any atom is -0.357 e. The number of hydrogen-bond acceptors (Lipinski definition) is 2. The number of piperidine rings is 1. The van der Waals surface area contributed by atoms with Crippen molar-refractivity contribution in [3.05, 3.63) is 54.1 Å². The van der Waals surface area contributed by atoms with Gasteiger partial charge in [0, 0.05) is 25.7 Å². The van der Waals surface area contributed by atoms with Crippen molar-refractivity contribution in [2.75, 3.05) is 13.1 Å². The summed E-state index contributed by atoms with van der Waals surface area (Å²) in [6, 6.07) is 11.8. The van der Waals surface area contributed by atoms with Crippen molar-refractivity contribution in [1.29, 1.82) is 0 Å². The third-order valence-corrected chi connectivity index (χ3v) is 4.56. The van der Waals surface area contributed by atoms with E-state index in [9.17, 15) is 4.79 Å². The number of imidazole rings is 1. The number of aromatic nitrogens is 3. The van der Waals surface area contributed by atoms with Crippen LogP contribution in [0, 0.1) is 5.92 Å². The summed E-state index contributed by atoms with van der Waals surface area (Å²) in [6.45, 7) is 1.64. The van der Waals surface area contributed by atoms with Gasteiger partial charge < -0.3 is 14.9 Å². The summed E-state index contributed by atoms with van der Waals surface area (Å²) in [7, 11) is 0. The van der Waals surface area contributed by atoms with Gasteiger partial charge in [0.1, 0.15) is 11.5 Å². The molecular formula is C18H20N4O. The number of rotatable bonds is 3. The highest BCUT2D eigenvalue weighted by Gasteiger charge is 2.25. The minimum absolute atomic E-state index is 0.101. The zero-order valence-corrected chi connectivity index (χ0v) is 13.0. The Morgan fingerprint density at radius 3 is 3.00 bits per heavy atom. The molecule has 1 amide bonds. The molecule has 3 heterocycles. The second kappa shape index (κ2) is 5.91. The van der Waals surface area contributed by atoms with Gasteiger partial charge in [-0.1, -0.05) is 12.1 Å². The lowest BCUT2D eigenvalue weighted by molar-refractivity contribution is 0.0667. The first-order chi connectivity index (χ1) is 11.3. The van der Waals surface area contributed by atoms with Gasteiger partial charge in [0.15, 0.2) is 0 Å². The zero-order valence-electron chi connectivity index (χ0n) is 13.0. The van der Waals surface area contributed by atoms with Crippen molar-refractivity contribution in [2.45, 2.75) is 19.3 Å². The molecule has 1 aliphatic rings. The largest absolute Gasteiger partial charge is 0.357 e. The first kappa shape index (κ1) is 14.1. The molecule has 5 heteroatoms. The van der Waals surface area contributed by atoms with E-state index < -0.39 is 0 Å². The number of benzene rings is 1. The summed E-state index contributed by atoms with van der Waals surface area (Å²) < 4.78 is 0. The predicted molar refractivity (Wildman–Crippen MR) is 89.2 cm³/mol. The molecule has 0 radical (unpaired) electrons. The number of aromatic amines is 2. The Kier molecular flexibility index (Phi) is 3.61. The molecule has 2 N–H and O–H groups in total. The molecule has 0 bridgehead atoms. The van der Waals surface area contributed by atoms with Crippen LogP contribution in [0.4, 0.5) is 0 Å². The third kappa shape index (κ3) is 2.86. The lowest BCUT2D eigenvalue weighted by atomic mass is 9.94. The number of fused-ring (bicyclic) bond motifs is 1. The summed E-state index contributed by atoms with van der Waals surface area (Å²) in [6.07, 6.45) is 4.88. The molecule has 1 fully saturated rings. The van der Waals surface area contributed by atoms with Gasteiger partial charge >= 0.3 is 0 Å². The molecule has 1 saturated heterocycles. The van der Waals surface area contributed by atoms with Gasteiger partial charge in [-0.2, -0.15) is 0 Å². The minimum atomic E-state index is 0.101. The number of nitrogens with zero attached hydrogens (tertiary/aromatic N) is 2. The van der Waals surface area contributed by atoms with Crippen LogP contribution in [-0.2, 0) is 6.42 Å². The summed E-state index contributed by atoms with van der Waals surface area (Å²) in [4.78, 5) is 25.5. The number of H-pyrrole nitrogens is 2. The van der Waals surface area contributed by atoms with E-state index in [1.165, 1.54) is 0 Å². The van der Waals surface area contributed by atoms with Crippen LogP contribution in [0.5, 0.6) is 0 Å². The van der Waals surface area contributed by atoms with Gasteiger partial charge in [0.25, 0.3) is 5.91 Å². The van der Waals surface area contributed by atoms with Crippen molar-refractivity contribution >= 4 is 16.9 Å². The number of nitrogens with one attached hydrogen (secondary N) is 2. The molecule has 5 nitrogen and oxygen atoms in total. The summed E-state index contributed by atoms with van der Waals surface area (Å²) >= 11 is 0. The molecule has 118 valence electrons. The van der Waals surface area contributed by atoms with Crippen LogP contribution in [0.2, 0.25) is 0 Å². The van der Waals surface area contributed by atoms with Crippen LogP contribution in [0.1, 0.15) is 29.2 Å². The average Bonchev–Trinajstić information content (AvgIpc) is 3.23. The van der Waals surface area contributed by atoms with E-state index >= 15 is 0 Å². The topological polar surface area (TPSA) is 64.8 Å². The highest BCUT2D eigenvalue weighted by Crippen LogP contribution is 2.22. The SMILES string of the molecule is O=C(c1ccc[nH]1)N1CCC[C@H](Cc2nc3ccccc3[nH]2)C1. The number of likely N-dealkylation sites (tertiary alicyclic amines) is 1. The van der Waals surface area contributed by atoms with Crippen LogP contribution in [0.3, 0.4) is 0 Å². The van der Waals surface area contributed by atoms with Crippen LogP contribution in [0.25, 0.3) is 11.0 Å². The number of hydrogen-bond donors (Lipinski definition) is 2. The van der Waals surface area contributed by atoms with Gasteiger partial charge in [-0.05, 0) is 43.0 Å². The summed E-state index contributed by atoms with van der Waals surface area (Å²) in [5.41, 5.74) is 2.77. The van der Waals surface area contributed by atoms with E-state index in [2.05, 4.69) is 15.0 Å². The molecule has 1 aromatic carbocycles. The summed E-state index contributed by atoms with van der Waals surface area (Å²) in [5.74, 6) is 1.58. The Hall–Kier alpha value is -2.56. The fourth-order valence-corrected chi connectivity index (χ4v) is 3.43. The van der Waals surface area contributed by atoms with Crippen LogP contribution < -0.4 is 0 Å². The van der Waals surface area contributed by atoms with Gasteiger partial charge in [0.05, 0.1) is 11.0 Å². The Bertz CT molecular complexity index is 772. The highest BCUT2D eigenvalue weighted by atomic mass is 16.2. The molecular weight excluding hydrogens is 288 g/mol. The van der Waals surface area contributed by atoms with Gasteiger partial charge in [-0.25, -0.2) is 4.98 Å². The van der Waals surface area contributed by atoms with Crippen molar-refractivity contribution in [2.24, 2.45) is 5.92 Å². The van der Waals surface area contributed by atoms with Crippen LogP contribution in [0.15, 0.2) is 42.6 Å². The molecule has 0 spiro atoms. The zero-order chi connectivity index (χ0) is 15.6. The molecule has 3 aromatic rings. The standard InChI is InChI=1S/C18H20N4O/c23-18(16-8-3-9-19-16)22-10-4-5-13(12-22)11-17-20-14-6-1-2-7-15(14)21-17/h1-3,6-9,13,19H,4-5,10-12H2,(H,20,21)/t13-/m1/s1. The van der Waals surface area contributed by atoms with E-state index in [0.717, 1.165) is 49.2 Å². The maximum absolute atomic E-state index is 12.5. The van der Waals surface area contributed by atoms with Crippen molar-refractivity contribution in [1.82, 2.24) is 19.9 Å². The Morgan fingerprint density at radius 1 is 1.26 bits per heavy atom. The average molecular weight is 308 g/mol. The van der Waals surface area contributed by atoms with Crippen molar-refractivity contribution in [3.63, 3.8) is 0 Å². The molecule has 4 rings (SSSR count). The molecule has 0 aliphatic carbocycles. The first-order valence-electron chi connectivity index (χ1n) is 8.16. The monoisotopic (exact) mass is 308 g/mol. The fraction of sp³-hybridized carbons (Fsp3) is 0.333. The Balaban J connectivity index is 1.46. The van der Waals surface area contributed by atoms with Crippen molar-refractivity contribution in [3.8, 4) is 0 Å².